The summed E-state index contributed by atoms with van der Waals surface area (Å²) in [4.78, 5) is 10.1. The first-order chi connectivity index (χ1) is 6.93. The zero-order valence-electron chi connectivity index (χ0n) is 7.71. The molecule has 0 aromatic rings. The molecule has 0 amide bonds. The Kier molecular flexibility index (Phi) is 46.0. The number of rotatable bonds is 1. The first-order valence-corrected chi connectivity index (χ1v) is 3.35. The van der Waals surface area contributed by atoms with Crippen LogP contribution in [0, 0.1) is 20.0 Å². The fourth-order valence-corrected chi connectivity index (χ4v) is 0.719. The summed E-state index contributed by atoms with van der Waals surface area (Å²) < 4.78 is 22.5. The van der Waals surface area contributed by atoms with Gasteiger partial charge in [0.05, 0.1) is 0 Å². The molecular formula is C10H8FeO4. The summed E-state index contributed by atoms with van der Waals surface area (Å²) in [5, 5.41) is 0. The van der Waals surface area contributed by atoms with E-state index in [0.717, 1.165) is 24.7 Å². The second kappa shape index (κ2) is 29.3. The van der Waals surface area contributed by atoms with Crippen molar-refractivity contribution in [2.45, 2.75) is 12.8 Å². The van der Waals surface area contributed by atoms with E-state index in [2.05, 4.69) is 26.0 Å². The summed E-state index contributed by atoms with van der Waals surface area (Å²) in [6, 6.07) is 0. The van der Waals surface area contributed by atoms with Gasteiger partial charge in [-0.05, 0) is 18.4 Å². The molecule has 0 atom stereocenters. The maximum Gasteiger partial charge on any atom is 0 e. The fourth-order valence-electron chi connectivity index (χ4n) is 0.719. The minimum absolute atomic E-state index is 0. The zero-order chi connectivity index (χ0) is 11.8. The molecule has 0 N–H and O–H groups in total. The fraction of sp³-hybridized carbons (Fsp3) is 0.200. The minimum atomic E-state index is 0. The molecule has 15 heavy (non-hydrogen) atoms. The van der Waals surface area contributed by atoms with E-state index in [9.17, 15) is 4.79 Å². The molecule has 0 aromatic heterocycles. The SMILES string of the molecule is O=CC1=CC=CCC1.[C-]#[O+].[C-]#[O+].[C-]#[O+].[Fe]. The zero-order valence-corrected chi connectivity index (χ0v) is 8.81. The van der Waals surface area contributed by atoms with Gasteiger partial charge in [0.1, 0.15) is 6.29 Å². The normalized spacial score (nSPS) is 9.87. The maximum atomic E-state index is 10.1. The summed E-state index contributed by atoms with van der Waals surface area (Å²) >= 11 is 0. The van der Waals surface area contributed by atoms with Crippen molar-refractivity contribution in [1.29, 1.82) is 0 Å². The van der Waals surface area contributed by atoms with Crippen LogP contribution in [0.5, 0.6) is 0 Å². The van der Waals surface area contributed by atoms with Gasteiger partial charge in [0.15, 0.2) is 0 Å². The van der Waals surface area contributed by atoms with Crippen LogP contribution in [0.2, 0.25) is 0 Å². The van der Waals surface area contributed by atoms with E-state index in [1.54, 1.807) is 0 Å². The maximum absolute atomic E-state index is 10.1. The second-order valence-electron chi connectivity index (χ2n) is 1.83. The van der Waals surface area contributed by atoms with Gasteiger partial charge >= 0.3 is 33.9 Å². The standard InChI is InChI=1S/C7H8O.3CO.Fe/c8-6-7-4-2-1-3-5-7;3*1-2;/h1-2,4,6H,3,5H2;;;;. The van der Waals surface area contributed by atoms with Crippen LogP contribution < -0.4 is 0 Å². The van der Waals surface area contributed by atoms with Crippen molar-refractivity contribution in [1.82, 2.24) is 0 Å². The number of hydrogen-bond donors (Lipinski definition) is 0. The average molecular weight is 248 g/mol. The molecule has 0 heterocycles. The van der Waals surface area contributed by atoms with E-state index in [4.69, 9.17) is 14.0 Å². The van der Waals surface area contributed by atoms with Gasteiger partial charge in [-0.1, -0.05) is 18.2 Å². The molecule has 80 valence electrons. The first-order valence-electron chi connectivity index (χ1n) is 3.35. The number of aldehydes is 1. The molecule has 1 aliphatic rings. The van der Waals surface area contributed by atoms with Crippen LogP contribution in [-0.4, -0.2) is 6.29 Å². The quantitative estimate of drug-likeness (QED) is 0.298. The molecule has 0 aromatic carbocycles. The van der Waals surface area contributed by atoms with Crippen molar-refractivity contribution in [3.05, 3.63) is 43.8 Å². The van der Waals surface area contributed by atoms with Gasteiger partial charge in [0.25, 0.3) is 0 Å². The van der Waals surface area contributed by atoms with Gasteiger partial charge in [-0.2, -0.15) is 0 Å². The predicted octanol–water partition coefficient (Wildman–Crippen LogP) is 1.35. The van der Waals surface area contributed by atoms with Gasteiger partial charge in [-0.15, -0.1) is 0 Å². The van der Waals surface area contributed by atoms with E-state index in [-0.39, 0.29) is 17.1 Å². The molecular weight excluding hydrogens is 240 g/mol. The summed E-state index contributed by atoms with van der Waals surface area (Å²) in [6.45, 7) is 13.5. The molecule has 0 saturated carbocycles. The Morgan fingerprint density at radius 2 is 1.60 bits per heavy atom. The Balaban J connectivity index is -0.0000000755. The van der Waals surface area contributed by atoms with Crippen molar-refractivity contribution in [2.75, 3.05) is 0 Å². The van der Waals surface area contributed by atoms with E-state index >= 15 is 0 Å². The van der Waals surface area contributed by atoms with Gasteiger partial charge in [-0.3, -0.25) is 4.79 Å². The van der Waals surface area contributed by atoms with Gasteiger partial charge in [0, 0.05) is 17.1 Å². The molecule has 0 fully saturated rings. The molecule has 0 unspecified atom stereocenters. The number of hydrogen-bond acceptors (Lipinski definition) is 1. The van der Waals surface area contributed by atoms with Crippen LogP contribution in [0.15, 0.2) is 23.8 Å². The van der Waals surface area contributed by atoms with Crippen LogP contribution in [0.3, 0.4) is 0 Å². The largest absolute Gasteiger partial charge is 0 e. The molecule has 1 aliphatic carbocycles. The molecule has 0 bridgehead atoms. The minimum Gasteiger partial charge on any atom is 0 e. The van der Waals surface area contributed by atoms with Gasteiger partial charge in [-0.25, -0.2) is 0 Å². The van der Waals surface area contributed by atoms with E-state index in [1.165, 1.54) is 0 Å². The third-order valence-corrected chi connectivity index (χ3v) is 1.20. The Labute approximate surface area is 99.1 Å². The predicted molar refractivity (Wildman–Crippen MR) is 44.3 cm³/mol. The van der Waals surface area contributed by atoms with Crippen molar-refractivity contribution in [3.8, 4) is 0 Å². The van der Waals surface area contributed by atoms with Crippen LogP contribution in [-0.2, 0) is 35.8 Å². The molecule has 0 saturated heterocycles. The van der Waals surface area contributed by atoms with Crippen LogP contribution in [0.1, 0.15) is 12.8 Å². The summed E-state index contributed by atoms with van der Waals surface area (Å²) in [7, 11) is 0. The third-order valence-electron chi connectivity index (χ3n) is 1.20. The molecule has 0 aliphatic heterocycles. The third kappa shape index (κ3) is 19.3. The Bertz CT molecular complexity index is 234. The second-order valence-corrected chi connectivity index (χ2v) is 1.83. The van der Waals surface area contributed by atoms with Crippen molar-refractivity contribution < 1.29 is 35.8 Å². The Morgan fingerprint density at radius 3 is 1.80 bits per heavy atom. The number of carbonyl (C=O) groups excluding carboxylic acids is 1. The Hall–Kier alpha value is -1.11. The molecule has 4 nitrogen and oxygen atoms in total. The van der Waals surface area contributed by atoms with Crippen LogP contribution >= 0.6 is 0 Å². The van der Waals surface area contributed by atoms with Crippen LogP contribution in [0.4, 0.5) is 0 Å². The monoisotopic (exact) mass is 248 g/mol. The van der Waals surface area contributed by atoms with Crippen molar-refractivity contribution in [3.63, 3.8) is 0 Å². The first kappa shape index (κ1) is 23.6. The number of allylic oxidation sites excluding steroid dienone is 4. The van der Waals surface area contributed by atoms with Gasteiger partial charge in [0.2, 0.25) is 0 Å². The molecule has 0 radical (unpaired) electrons. The van der Waals surface area contributed by atoms with Crippen LogP contribution in [0.25, 0.3) is 0 Å². The van der Waals surface area contributed by atoms with Gasteiger partial charge < -0.3 is 0 Å². The topological polar surface area (TPSA) is 76.8 Å². The molecule has 0 spiro atoms. The Morgan fingerprint density at radius 1 is 1.13 bits per heavy atom. The van der Waals surface area contributed by atoms with E-state index in [0.29, 0.717) is 0 Å². The summed E-state index contributed by atoms with van der Waals surface area (Å²) in [5.74, 6) is 0. The summed E-state index contributed by atoms with van der Waals surface area (Å²) in [5.41, 5.74) is 0.910. The van der Waals surface area contributed by atoms with E-state index in [1.807, 2.05) is 12.2 Å². The van der Waals surface area contributed by atoms with Crippen molar-refractivity contribution >= 4 is 6.29 Å². The number of carbonyl (C=O) groups is 1. The summed E-state index contributed by atoms with van der Waals surface area (Å²) in [6.07, 6.45) is 8.70. The molecule has 5 heteroatoms. The molecule has 1 rings (SSSR count). The smallest absolute Gasteiger partial charge is 0 e. The van der Waals surface area contributed by atoms with E-state index < -0.39 is 0 Å². The average Bonchev–Trinajstić information content (AvgIpc) is 2.37. The van der Waals surface area contributed by atoms with Crippen molar-refractivity contribution in [2.24, 2.45) is 0 Å².